The maximum Gasteiger partial charge on any atom is 0.344 e. The molecule has 1 amide bonds. The van der Waals surface area contributed by atoms with Gasteiger partial charge in [-0.25, -0.2) is 14.8 Å². The Bertz CT molecular complexity index is 964. The molecule has 0 saturated carbocycles. The van der Waals surface area contributed by atoms with Crippen LogP contribution >= 0.6 is 0 Å². The Morgan fingerprint density at radius 3 is 2.56 bits per heavy atom. The number of nitrogens with one attached hydrogen (secondary N) is 1. The van der Waals surface area contributed by atoms with Crippen LogP contribution < -0.4 is 11.1 Å². The van der Waals surface area contributed by atoms with Crippen LogP contribution in [0.25, 0.3) is 22.2 Å². The van der Waals surface area contributed by atoms with Crippen molar-refractivity contribution in [2.24, 2.45) is 0 Å². The summed E-state index contributed by atoms with van der Waals surface area (Å²) >= 11 is 0. The third-order valence-corrected chi connectivity index (χ3v) is 3.78. The number of ether oxygens (including phenoxy) is 1. The molecule has 3 rings (SSSR count). The fourth-order valence-electron chi connectivity index (χ4n) is 2.69. The maximum absolute atomic E-state index is 12.4. The van der Waals surface area contributed by atoms with Crippen LogP contribution in [-0.4, -0.2) is 39.6 Å². The molecule has 2 aromatic heterocycles. The summed E-state index contributed by atoms with van der Waals surface area (Å²) in [5.74, 6) is -0.445. The largest absolute Gasteiger partial charge is 0.462 e. The van der Waals surface area contributed by atoms with Crippen LogP contribution in [0.15, 0.2) is 24.3 Å². The number of esters is 1. The lowest BCUT2D eigenvalue weighted by Crippen LogP contribution is -2.25. The van der Waals surface area contributed by atoms with E-state index in [0.717, 1.165) is 0 Å². The minimum Gasteiger partial charge on any atom is -0.462 e. The van der Waals surface area contributed by atoms with Gasteiger partial charge in [0.05, 0.1) is 17.6 Å². The van der Waals surface area contributed by atoms with Gasteiger partial charge >= 0.3 is 5.97 Å². The average Bonchev–Trinajstić information content (AvgIpc) is 2.84. The number of hydrogen-bond donors (Lipinski definition) is 2. The van der Waals surface area contributed by atoms with Crippen molar-refractivity contribution in [2.45, 2.75) is 20.4 Å². The van der Waals surface area contributed by atoms with E-state index in [9.17, 15) is 9.59 Å². The summed E-state index contributed by atoms with van der Waals surface area (Å²) in [6, 6.07) is 7.38. The lowest BCUT2D eigenvalue weighted by atomic mass is 10.2. The van der Waals surface area contributed by atoms with Gasteiger partial charge in [0.25, 0.3) is 0 Å². The molecule has 0 radical (unpaired) electrons. The van der Waals surface area contributed by atoms with Gasteiger partial charge in [0, 0.05) is 20.0 Å². The SMILES string of the molecule is CCOC(=O)c1c(N)n(CCNC(C)=O)c2nc3ccccc3nc12. The Hall–Kier alpha value is -3.16. The number of nitrogen functional groups attached to an aromatic ring is 1. The number of amides is 1. The average molecular weight is 341 g/mol. The maximum atomic E-state index is 12.4. The summed E-state index contributed by atoms with van der Waals surface area (Å²) in [5, 5.41) is 2.71. The van der Waals surface area contributed by atoms with Crippen molar-refractivity contribution in [1.29, 1.82) is 0 Å². The quantitative estimate of drug-likeness (QED) is 0.680. The number of rotatable bonds is 5. The van der Waals surface area contributed by atoms with E-state index >= 15 is 0 Å². The zero-order valence-corrected chi connectivity index (χ0v) is 14.1. The van der Waals surface area contributed by atoms with Crippen molar-refractivity contribution in [3.8, 4) is 0 Å². The summed E-state index contributed by atoms with van der Waals surface area (Å²) in [6.07, 6.45) is 0. The first-order chi connectivity index (χ1) is 12.0. The number of carbonyl (C=O) groups excluding carboxylic acids is 2. The molecular formula is C17H19N5O3. The number of nitrogens with two attached hydrogens (primary N) is 1. The molecule has 0 bridgehead atoms. The van der Waals surface area contributed by atoms with E-state index in [1.54, 1.807) is 11.5 Å². The van der Waals surface area contributed by atoms with E-state index in [1.807, 2.05) is 24.3 Å². The number of anilines is 1. The molecular weight excluding hydrogens is 322 g/mol. The van der Waals surface area contributed by atoms with Crippen molar-refractivity contribution in [3.05, 3.63) is 29.8 Å². The minimum absolute atomic E-state index is 0.141. The Kier molecular flexibility index (Phi) is 4.51. The Labute approximate surface area is 144 Å². The lowest BCUT2D eigenvalue weighted by molar-refractivity contribution is -0.118. The normalized spacial score (nSPS) is 11.0. The molecule has 1 aromatic carbocycles. The van der Waals surface area contributed by atoms with Crippen molar-refractivity contribution >= 4 is 39.9 Å². The smallest absolute Gasteiger partial charge is 0.344 e. The van der Waals surface area contributed by atoms with Crippen LogP contribution in [0.3, 0.4) is 0 Å². The van der Waals surface area contributed by atoms with Crippen molar-refractivity contribution in [2.75, 3.05) is 18.9 Å². The number of benzene rings is 1. The first kappa shape index (κ1) is 16.7. The van der Waals surface area contributed by atoms with Crippen molar-refractivity contribution < 1.29 is 14.3 Å². The second kappa shape index (κ2) is 6.76. The van der Waals surface area contributed by atoms with E-state index in [2.05, 4.69) is 15.3 Å². The second-order valence-electron chi connectivity index (χ2n) is 5.50. The molecule has 0 fully saturated rings. The highest BCUT2D eigenvalue weighted by Crippen LogP contribution is 2.28. The van der Waals surface area contributed by atoms with Gasteiger partial charge in [-0.3, -0.25) is 4.79 Å². The fraction of sp³-hybridized carbons (Fsp3) is 0.294. The lowest BCUT2D eigenvalue weighted by Gasteiger charge is -2.08. The van der Waals surface area contributed by atoms with Crippen molar-refractivity contribution in [3.63, 3.8) is 0 Å². The molecule has 0 unspecified atom stereocenters. The number of carbonyl (C=O) groups is 2. The molecule has 0 saturated heterocycles. The molecule has 2 heterocycles. The molecule has 25 heavy (non-hydrogen) atoms. The first-order valence-corrected chi connectivity index (χ1v) is 7.99. The molecule has 8 nitrogen and oxygen atoms in total. The third-order valence-electron chi connectivity index (χ3n) is 3.78. The standard InChI is InChI=1S/C17H19N5O3/c1-3-25-17(24)13-14-16(21-12-7-5-4-6-11(12)20-14)22(15(13)18)9-8-19-10(2)23/h4-7H,3,8-9,18H2,1-2H3,(H,19,23). The van der Waals surface area contributed by atoms with Crippen LogP contribution in [0, 0.1) is 0 Å². The number of nitrogens with zero attached hydrogens (tertiary/aromatic N) is 3. The van der Waals surface area contributed by atoms with Crippen molar-refractivity contribution in [1.82, 2.24) is 19.9 Å². The van der Waals surface area contributed by atoms with Gasteiger partial charge in [-0.05, 0) is 19.1 Å². The third kappa shape index (κ3) is 3.10. The Morgan fingerprint density at radius 2 is 1.92 bits per heavy atom. The highest BCUT2D eigenvalue weighted by molar-refractivity contribution is 6.08. The molecule has 3 aromatic rings. The predicted molar refractivity (Wildman–Crippen MR) is 94.1 cm³/mol. The zero-order valence-electron chi connectivity index (χ0n) is 14.1. The highest BCUT2D eigenvalue weighted by Gasteiger charge is 2.24. The Morgan fingerprint density at radius 1 is 1.24 bits per heavy atom. The van der Waals surface area contributed by atoms with Crippen LogP contribution in [0.4, 0.5) is 5.82 Å². The number of aromatic nitrogens is 3. The van der Waals surface area contributed by atoms with Gasteiger partial charge in [0.1, 0.15) is 16.9 Å². The topological polar surface area (TPSA) is 112 Å². The highest BCUT2D eigenvalue weighted by atomic mass is 16.5. The molecule has 3 N–H and O–H groups in total. The second-order valence-corrected chi connectivity index (χ2v) is 5.50. The van der Waals surface area contributed by atoms with E-state index in [0.29, 0.717) is 35.3 Å². The van der Waals surface area contributed by atoms with Crippen LogP contribution in [0.5, 0.6) is 0 Å². The van der Waals surface area contributed by atoms with Gasteiger partial charge in [-0.1, -0.05) is 12.1 Å². The summed E-state index contributed by atoms with van der Waals surface area (Å²) < 4.78 is 6.79. The number of para-hydroxylation sites is 2. The van der Waals surface area contributed by atoms with Gasteiger partial charge < -0.3 is 20.4 Å². The van der Waals surface area contributed by atoms with E-state index in [4.69, 9.17) is 10.5 Å². The minimum atomic E-state index is -0.534. The predicted octanol–water partition coefficient (Wildman–Crippen LogP) is 1.48. The fourth-order valence-corrected chi connectivity index (χ4v) is 2.69. The van der Waals surface area contributed by atoms with E-state index < -0.39 is 5.97 Å². The number of fused-ring (bicyclic) bond motifs is 2. The molecule has 0 atom stereocenters. The summed E-state index contributed by atoms with van der Waals surface area (Å²) in [7, 11) is 0. The van der Waals surface area contributed by atoms with E-state index in [1.165, 1.54) is 6.92 Å². The van der Waals surface area contributed by atoms with E-state index in [-0.39, 0.29) is 23.9 Å². The Balaban J connectivity index is 2.18. The van der Waals surface area contributed by atoms with Crippen LogP contribution in [0.2, 0.25) is 0 Å². The monoisotopic (exact) mass is 341 g/mol. The molecule has 0 aliphatic rings. The first-order valence-electron chi connectivity index (χ1n) is 7.99. The van der Waals surface area contributed by atoms with Gasteiger partial charge in [0.15, 0.2) is 5.65 Å². The molecule has 130 valence electrons. The van der Waals surface area contributed by atoms with Gasteiger partial charge in [0.2, 0.25) is 5.91 Å². The molecule has 0 aliphatic carbocycles. The van der Waals surface area contributed by atoms with Gasteiger partial charge in [-0.15, -0.1) is 0 Å². The summed E-state index contributed by atoms with van der Waals surface area (Å²) in [6.45, 7) is 4.13. The summed E-state index contributed by atoms with van der Waals surface area (Å²) in [4.78, 5) is 32.6. The summed E-state index contributed by atoms with van der Waals surface area (Å²) in [5.41, 5.74) is 8.66. The number of hydrogen-bond acceptors (Lipinski definition) is 6. The zero-order chi connectivity index (χ0) is 18.0. The van der Waals surface area contributed by atoms with Gasteiger partial charge in [-0.2, -0.15) is 0 Å². The molecule has 8 heteroatoms. The molecule has 0 aliphatic heterocycles. The van der Waals surface area contributed by atoms with Crippen LogP contribution in [-0.2, 0) is 16.1 Å². The molecule has 0 spiro atoms. The van der Waals surface area contributed by atoms with Crippen LogP contribution in [0.1, 0.15) is 24.2 Å².